The van der Waals surface area contributed by atoms with E-state index in [0.717, 1.165) is 73.7 Å². The van der Waals surface area contributed by atoms with Crippen molar-refractivity contribution in [2.75, 3.05) is 6.61 Å². The molecule has 0 amide bonds. The summed E-state index contributed by atoms with van der Waals surface area (Å²) in [6.07, 6.45) is 9.84. The Bertz CT molecular complexity index is 1210. The third kappa shape index (κ3) is 3.61. The van der Waals surface area contributed by atoms with E-state index in [0.29, 0.717) is 27.2 Å². The highest BCUT2D eigenvalue weighted by Gasteiger charge is 2.27. The summed E-state index contributed by atoms with van der Waals surface area (Å²) in [5, 5.41) is 12.4. The van der Waals surface area contributed by atoms with Gasteiger partial charge in [0.15, 0.2) is 0 Å². The number of thiophene rings is 1. The van der Waals surface area contributed by atoms with Crippen molar-refractivity contribution in [2.24, 2.45) is 4.99 Å². The maximum Gasteiger partial charge on any atom is 0.341 e. The van der Waals surface area contributed by atoms with E-state index in [1.807, 2.05) is 13.0 Å². The Hall–Kier alpha value is -2.12. The number of hydrogen-bond acceptors (Lipinski definition) is 6. The van der Waals surface area contributed by atoms with Crippen LogP contribution in [0.2, 0.25) is 0 Å². The highest BCUT2D eigenvalue weighted by atomic mass is 79.9. The van der Waals surface area contributed by atoms with E-state index in [9.17, 15) is 9.90 Å². The number of phenols is 1. The summed E-state index contributed by atoms with van der Waals surface area (Å²) in [5.41, 5.74) is 4.25. The summed E-state index contributed by atoms with van der Waals surface area (Å²) in [7, 11) is 0. The molecule has 2 aliphatic rings. The number of esters is 1. The van der Waals surface area contributed by atoms with Gasteiger partial charge < -0.3 is 14.3 Å². The summed E-state index contributed by atoms with van der Waals surface area (Å²) in [6.45, 7) is 2.15. The van der Waals surface area contributed by atoms with Crippen LogP contribution in [0, 0.1) is 0 Å². The van der Waals surface area contributed by atoms with Crippen molar-refractivity contribution in [3.05, 3.63) is 43.4 Å². The van der Waals surface area contributed by atoms with Crippen molar-refractivity contribution in [1.82, 2.24) is 0 Å². The van der Waals surface area contributed by atoms with Gasteiger partial charge in [-0.1, -0.05) is 0 Å². The zero-order chi connectivity index (χ0) is 21.5. The molecule has 0 bridgehead atoms. The molecule has 3 aromatic rings. The Balaban J connectivity index is 1.65. The van der Waals surface area contributed by atoms with Gasteiger partial charge in [0.05, 0.1) is 16.6 Å². The van der Waals surface area contributed by atoms with E-state index in [4.69, 9.17) is 14.1 Å². The second kappa shape index (κ2) is 8.43. The molecule has 2 aliphatic carbocycles. The SMILES string of the molecule is CCOC(=O)c1c(N=Cc2c(O)c(Br)cc3oc4c(c23)CCCC4)sc2c1CCCC2. The number of benzene rings is 1. The largest absolute Gasteiger partial charge is 0.506 e. The number of rotatable bonds is 4. The predicted octanol–water partition coefficient (Wildman–Crippen LogP) is 6.65. The molecular weight excluding hydrogens is 478 g/mol. The maximum atomic E-state index is 12.7. The minimum absolute atomic E-state index is 0.143. The first-order valence-electron chi connectivity index (χ1n) is 10.9. The Morgan fingerprint density at radius 1 is 1.23 bits per heavy atom. The van der Waals surface area contributed by atoms with E-state index in [2.05, 4.69) is 15.9 Å². The van der Waals surface area contributed by atoms with Crippen LogP contribution in [-0.2, 0) is 30.4 Å². The normalized spacial score (nSPS) is 15.9. The second-order valence-corrected chi connectivity index (χ2v) is 10.0. The molecule has 0 atom stereocenters. The molecule has 31 heavy (non-hydrogen) atoms. The van der Waals surface area contributed by atoms with Crippen molar-refractivity contribution in [3.8, 4) is 5.75 Å². The van der Waals surface area contributed by atoms with Gasteiger partial charge in [0.2, 0.25) is 0 Å². The van der Waals surface area contributed by atoms with E-state index in [1.165, 1.54) is 10.4 Å². The number of phenolic OH excluding ortho intramolecular Hbond substituents is 1. The van der Waals surface area contributed by atoms with Crippen molar-refractivity contribution < 1.29 is 19.1 Å². The Kier molecular flexibility index (Phi) is 5.65. The van der Waals surface area contributed by atoms with Crippen LogP contribution in [-0.4, -0.2) is 23.9 Å². The highest BCUT2D eigenvalue weighted by Crippen LogP contribution is 2.43. The molecule has 2 aromatic heterocycles. The van der Waals surface area contributed by atoms with E-state index < -0.39 is 0 Å². The molecule has 7 heteroatoms. The Morgan fingerprint density at radius 2 is 1.97 bits per heavy atom. The number of aliphatic imine (C=N–C) groups is 1. The van der Waals surface area contributed by atoms with E-state index in [-0.39, 0.29) is 11.7 Å². The lowest BCUT2D eigenvalue weighted by atomic mass is 9.94. The second-order valence-electron chi connectivity index (χ2n) is 8.07. The van der Waals surface area contributed by atoms with Crippen molar-refractivity contribution in [3.63, 3.8) is 0 Å². The molecule has 0 aliphatic heterocycles. The first-order valence-corrected chi connectivity index (χ1v) is 12.5. The number of fused-ring (bicyclic) bond motifs is 4. The number of ether oxygens (including phenoxy) is 1. The van der Waals surface area contributed by atoms with Gasteiger partial charge in [-0.15, -0.1) is 11.3 Å². The Morgan fingerprint density at radius 3 is 2.77 bits per heavy atom. The number of aryl methyl sites for hydroxylation is 3. The van der Waals surface area contributed by atoms with Crippen molar-refractivity contribution >= 4 is 55.4 Å². The number of aromatic hydroxyl groups is 1. The number of hydrogen-bond donors (Lipinski definition) is 1. The summed E-state index contributed by atoms with van der Waals surface area (Å²) < 4.78 is 12.0. The average molecular weight is 502 g/mol. The van der Waals surface area contributed by atoms with Crippen molar-refractivity contribution in [1.29, 1.82) is 0 Å². The van der Waals surface area contributed by atoms with Gasteiger partial charge in [0.1, 0.15) is 22.1 Å². The fourth-order valence-electron chi connectivity index (χ4n) is 4.72. The van der Waals surface area contributed by atoms with E-state index >= 15 is 0 Å². The molecule has 0 radical (unpaired) electrons. The molecule has 0 spiro atoms. The third-order valence-corrected chi connectivity index (χ3v) is 7.95. The van der Waals surface area contributed by atoms with Crippen LogP contribution in [0.3, 0.4) is 0 Å². The van der Waals surface area contributed by atoms with Crippen LogP contribution < -0.4 is 0 Å². The maximum absolute atomic E-state index is 12.7. The van der Waals surface area contributed by atoms with Crippen LogP contribution in [0.25, 0.3) is 11.0 Å². The number of furan rings is 1. The molecule has 0 saturated heterocycles. The van der Waals surface area contributed by atoms with Gasteiger partial charge in [0, 0.05) is 34.0 Å². The van der Waals surface area contributed by atoms with Crippen LogP contribution in [0.15, 0.2) is 19.9 Å². The number of carbonyl (C=O) groups excluding carboxylic acids is 1. The molecular formula is C24H24BrNO4S. The number of nitrogens with zero attached hydrogens (tertiary/aromatic N) is 1. The zero-order valence-corrected chi connectivity index (χ0v) is 19.8. The molecule has 5 nitrogen and oxygen atoms in total. The van der Waals surface area contributed by atoms with Crippen LogP contribution in [0.1, 0.15) is 70.3 Å². The lowest BCUT2D eigenvalue weighted by molar-refractivity contribution is 0.0526. The summed E-state index contributed by atoms with van der Waals surface area (Å²) in [5.74, 6) is 0.843. The van der Waals surface area contributed by atoms with Crippen LogP contribution >= 0.6 is 27.3 Å². The smallest absolute Gasteiger partial charge is 0.341 e. The van der Waals surface area contributed by atoms with Gasteiger partial charge >= 0.3 is 5.97 Å². The first kappa shape index (κ1) is 20.8. The van der Waals surface area contributed by atoms with E-state index in [1.54, 1.807) is 17.6 Å². The fourth-order valence-corrected chi connectivity index (χ4v) is 6.36. The predicted molar refractivity (Wildman–Crippen MR) is 126 cm³/mol. The average Bonchev–Trinajstić information content (AvgIpc) is 3.32. The molecule has 2 heterocycles. The minimum atomic E-state index is -0.307. The van der Waals surface area contributed by atoms with Crippen LogP contribution in [0.5, 0.6) is 5.75 Å². The monoisotopic (exact) mass is 501 g/mol. The van der Waals surface area contributed by atoms with Gasteiger partial charge in [-0.05, 0) is 79.4 Å². The molecule has 1 aromatic carbocycles. The molecule has 162 valence electrons. The zero-order valence-electron chi connectivity index (χ0n) is 17.4. The molecule has 0 saturated carbocycles. The number of carbonyl (C=O) groups is 1. The Labute approximate surface area is 193 Å². The summed E-state index contributed by atoms with van der Waals surface area (Å²) in [6, 6.07) is 1.83. The molecule has 5 rings (SSSR count). The fraction of sp³-hybridized carbons (Fsp3) is 0.417. The molecule has 1 N–H and O–H groups in total. The molecule has 0 fully saturated rings. The topological polar surface area (TPSA) is 72.0 Å². The quantitative estimate of drug-likeness (QED) is 0.320. The van der Waals surface area contributed by atoms with Crippen molar-refractivity contribution in [2.45, 2.75) is 58.3 Å². The first-order chi connectivity index (χ1) is 15.1. The molecule has 0 unspecified atom stereocenters. The lowest BCUT2D eigenvalue weighted by Gasteiger charge is -2.12. The minimum Gasteiger partial charge on any atom is -0.506 e. The van der Waals surface area contributed by atoms with Gasteiger partial charge in [-0.25, -0.2) is 9.79 Å². The van der Waals surface area contributed by atoms with Gasteiger partial charge in [-0.3, -0.25) is 0 Å². The van der Waals surface area contributed by atoms with Crippen LogP contribution in [0.4, 0.5) is 5.00 Å². The van der Waals surface area contributed by atoms with Gasteiger partial charge in [0.25, 0.3) is 0 Å². The van der Waals surface area contributed by atoms with Gasteiger partial charge in [-0.2, -0.15) is 0 Å². The standard InChI is InChI=1S/C24H24BrNO4S/c1-2-29-24(28)21-14-8-4-6-10-19(14)31-23(21)26-12-15-20-13-7-3-5-9-17(13)30-18(20)11-16(25)22(15)27/h11-12,27H,2-10H2,1H3. The highest BCUT2D eigenvalue weighted by molar-refractivity contribution is 9.10. The lowest BCUT2D eigenvalue weighted by Crippen LogP contribution is -2.09. The number of halogens is 1. The summed E-state index contributed by atoms with van der Waals surface area (Å²) in [4.78, 5) is 18.7. The third-order valence-electron chi connectivity index (χ3n) is 6.15. The summed E-state index contributed by atoms with van der Waals surface area (Å²) >= 11 is 5.01.